The lowest BCUT2D eigenvalue weighted by Gasteiger charge is -2.20. The number of aliphatic hydroxyl groups excluding tert-OH is 2. The third kappa shape index (κ3) is 59.6. The Bertz CT molecular complexity index is 1150. The Morgan fingerprint density at radius 2 is 0.635 bits per heavy atom. The van der Waals surface area contributed by atoms with Crippen molar-refractivity contribution in [1.29, 1.82) is 0 Å². The van der Waals surface area contributed by atoms with Crippen LogP contribution < -0.4 is 5.32 Å². The number of hydrogen-bond donors (Lipinski definition) is 3. The van der Waals surface area contributed by atoms with E-state index >= 15 is 0 Å². The predicted octanol–water partition coefficient (Wildman–Crippen LogP) is 21.4. The van der Waals surface area contributed by atoms with E-state index in [1.165, 1.54) is 308 Å². The van der Waals surface area contributed by atoms with Gasteiger partial charge in [-0.05, 0) is 57.8 Å². The maximum absolute atomic E-state index is 12.5. The molecule has 0 radical (unpaired) electrons. The summed E-state index contributed by atoms with van der Waals surface area (Å²) in [7, 11) is 0. The SMILES string of the molecule is CCCCCCCCCCCCCCCCCCCC/C=C/C(O)C(CO)NC(=O)CCCCCCCCCCCC/C=C\CCCCCCCCCCCCCCOC(=O)CCCCCCCCCCCCC. The minimum absolute atomic E-state index is 0.0141. The number of ether oxygens (including phenoxy) is 1. The second kappa shape index (κ2) is 63.9. The van der Waals surface area contributed by atoms with Crippen LogP contribution in [0.5, 0.6) is 0 Å². The first-order valence-corrected chi connectivity index (χ1v) is 33.6. The van der Waals surface area contributed by atoms with E-state index in [4.69, 9.17) is 4.74 Å². The summed E-state index contributed by atoms with van der Waals surface area (Å²) in [6, 6.07) is -0.630. The minimum atomic E-state index is -0.846. The van der Waals surface area contributed by atoms with E-state index in [2.05, 4.69) is 31.3 Å². The summed E-state index contributed by atoms with van der Waals surface area (Å²) >= 11 is 0. The molecule has 438 valence electrons. The van der Waals surface area contributed by atoms with E-state index < -0.39 is 12.1 Å². The summed E-state index contributed by atoms with van der Waals surface area (Å²) in [6.07, 6.45) is 79.5. The van der Waals surface area contributed by atoms with E-state index in [0.717, 1.165) is 38.5 Å². The third-order valence-corrected chi connectivity index (χ3v) is 15.7. The Balaban J connectivity index is 3.42. The van der Waals surface area contributed by atoms with Crippen LogP contribution in [0.25, 0.3) is 0 Å². The maximum atomic E-state index is 12.5. The smallest absolute Gasteiger partial charge is 0.305 e. The highest BCUT2D eigenvalue weighted by Crippen LogP contribution is 2.18. The molecule has 0 aromatic rings. The van der Waals surface area contributed by atoms with Gasteiger partial charge in [0.25, 0.3) is 0 Å². The average Bonchev–Trinajstić information content (AvgIpc) is 3.40. The molecule has 2 atom stereocenters. The summed E-state index contributed by atoms with van der Waals surface area (Å²) in [4.78, 5) is 24.5. The van der Waals surface area contributed by atoms with Gasteiger partial charge in [0.1, 0.15) is 0 Å². The molecule has 6 heteroatoms. The van der Waals surface area contributed by atoms with E-state index in [9.17, 15) is 19.8 Å². The molecule has 0 bridgehead atoms. The van der Waals surface area contributed by atoms with E-state index in [-0.39, 0.29) is 18.5 Å². The van der Waals surface area contributed by atoms with Crippen LogP contribution in [0.3, 0.4) is 0 Å². The molecule has 0 fully saturated rings. The van der Waals surface area contributed by atoms with E-state index in [0.29, 0.717) is 19.4 Å². The van der Waals surface area contributed by atoms with E-state index in [1.807, 2.05) is 6.08 Å². The molecule has 2 unspecified atom stereocenters. The number of nitrogens with one attached hydrogen (secondary N) is 1. The molecule has 74 heavy (non-hydrogen) atoms. The summed E-state index contributed by atoms with van der Waals surface area (Å²) in [6.45, 7) is 4.93. The molecule has 0 rings (SSSR count). The maximum Gasteiger partial charge on any atom is 0.305 e. The van der Waals surface area contributed by atoms with Crippen molar-refractivity contribution in [3.63, 3.8) is 0 Å². The van der Waals surface area contributed by atoms with Crippen LogP contribution in [0.1, 0.15) is 373 Å². The fourth-order valence-corrected chi connectivity index (χ4v) is 10.6. The average molecular weight is 1040 g/mol. The highest BCUT2D eigenvalue weighted by atomic mass is 16.5. The predicted molar refractivity (Wildman–Crippen MR) is 324 cm³/mol. The molecule has 0 heterocycles. The summed E-state index contributed by atoms with van der Waals surface area (Å²) in [5.74, 6) is -0.0522. The van der Waals surface area contributed by atoms with Crippen molar-refractivity contribution in [2.75, 3.05) is 13.2 Å². The Kier molecular flexibility index (Phi) is 62.4. The van der Waals surface area contributed by atoms with Crippen LogP contribution in [-0.2, 0) is 14.3 Å². The minimum Gasteiger partial charge on any atom is -0.466 e. The van der Waals surface area contributed by atoms with Gasteiger partial charge in [-0.3, -0.25) is 9.59 Å². The molecule has 0 aliphatic carbocycles. The van der Waals surface area contributed by atoms with Gasteiger partial charge in [-0.15, -0.1) is 0 Å². The van der Waals surface area contributed by atoms with Gasteiger partial charge in [0, 0.05) is 12.8 Å². The largest absolute Gasteiger partial charge is 0.466 e. The highest BCUT2D eigenvalue weighted by Gasteiger charge is 2.18. The number of hydrogen-bond acceptors (Lipinski definition) is 5. The number of carbonyl (C=O) groups is 2. The van der Waals surface area contributed by atoms with Crippen molar-refractivity contribution < 1.29 is 24.5 Å². The number of aliphatic hydroxyl groups is 2. The lowest BCUT2D eigenvalue weighted by atomic mass is 10.0. The van der Waals surface area contributed by atoms with Crippen LogP contribution in [0, 0.1) is 0 Å². The molecule has 0 aliphatic heterocycles. The molecule has 3 N–H and O–H groups in total. The highest BCUT2D eigenvalue weighted by molar-refractivity contribution is 5.76. The van der Waals surface area contributed by atoms with Crippen molar-refractivity contribution in [3.05, 3.63) is 24.3 Å². The lowest BCUT2D eigenvalue weighted by molar-refractivity contribution is -0.143. The van der Waals surface area contributed by atoms with Crippen LogP contribution in [-0.4, -0.2) is 47.4 Å². The second-order valence-corrected chi connectivity index (χ2v) is 23.2. The van der Waals surface area contributed by atoms with Crippen molar-refractivity contribution in [2.45, 2.75) is 386 Å². The third-order valence-electron chi connectivity index (χ3n) is 15.7. The Morgan fingerprint density at radius 1 is 0.365 bits per heavy atom. The first kappa shape index (κ1) is 72.3. The van der Waals surface area contributed by atoms with Gasteiger partial charge < -0.3 is 20.3 Å². The van der Waals surface area contributed by atoms with Crippen LogP contribution in [0.2, 0.25) is 0 Å². The number of rotatable bonds is 63. The zero-order valence-corrected chi connectivity index (χ0v) is 50.1. The standard InChI is InChI=1S/C68H131NO5/c1-3-5-7-9-11-13-15-16-17-18-19-28-31-34-37-41-44-48-52-56-60-66(71)65(64-70)69-67(72)61-57-53-49-45-42-38-35-32-29-26-24-22-20-21-23-25-27-30-33-36-39-43-47-51-55-59-63-74-68(73)62-58-54-50-46-40-14-12-10-8-6-4-2/h20,22,56,60,65-66,70-71H,3-19,21,23-55,57-59,61-64H2,1-2H3,(H,69,72)/b22-20-,60-56+. The molecule has 0 aromatic carbocycles. The monoisotopic (exact) mass is 1040 g/mol. The Morgan fingerprint density at radius 3 is 0.959 bits per heavy atom. The van der Waals surface area contributed by atoms with Crippen molar-refractivity contribution >= 4 is 11.9 Å². The molecular weight excluding hydrogens is 911 g/mol. The summed E-state index contributed by atoms with van der Waals surface area (Å²) < 4.78 is 5.47. The molecule has 1 amide bonds. The quantitative estimate of drug-likeness (QED) is 0.0320. The van der Waals surface area contributed by atoms with Crippen molar-refractivity contribution in [2.24, 2.45) is 0 Å². The normalized spacial score (nSPS) is 12.6. The first-order chi connectivity index (χ1) is 36.5. The zero-order valence-electron chi connectivity index (χ0n) is 50.1. The van der Waals surface area contributed by atoms with Crippen LogP contribution >= 0.6 is 0 Å². The molecule has 0 saturated carbocycles. The first-order valence-electron chi connectivity index (χ1n) is 33.6. The molecule has 0 aromatic heterocycles. The number of allylic oxidation sites excluding steroid dienone is 3. The van der Waals surface area contributed by atoms with Gasteiger partial charge in [0.2, 0.25) is 5.91 Å². The van der Waals surface area contributed by atoms with Crippen molar-refractivity contribution in [3.8, 4) is 0 Å². The van der Waals surface area contributed by atoms with Gasteiger partial charge >= 0.3 is 5.97 Å². The molecule has 6 nitrogen and oxygen atoms in total. The van der Waals surface area contributed by atoms with Gasteiger partial charge in [-0.2, -0.15) is 0 Å². The second-order valence-electron chi connectivity index (χ2n) is 23.2. The number of esters is 1. The number of carbonyl (C=O) groups excluding carboxylic acids is 2. The van der Waals surface area contributed by atoms with Gasteiger partial charge in [-0.25, -0.2) is 0 Å². The number of amides is 1. The summed E-state index contributed by atoms with van der Waals surface area (Å²) in [5, 5.41) is 23.2. The fraction of sp³-hybridized carbons (Fsp3) is 0.912. The van der Waals surface area contributed by atoms with Crippen molar-refractivity contribution in [1.82, 2.24) is 5.32 Å². The molecular formula is C68H131NO5. The van der Waals surface area contributed by atoms with Gasteiger partial charge in [-0.1, -0.05) is 327 Å². The Hall–Kier alpha value is -1.66. The summed E-state index contributed by atoms with van der Waals surface area (Å²) in [5.41, 5.74) is 0. The van der Waals surface area contributed by atoms with Gasteiger partial charge in [0.15, 0.2) is 0 Å². The zero-order chi connectivity index (χ0) is 53.6. The van der Waals surface area contributed by atoms with E-state index in [1.54, 1.807) is 6.08 Å². The fourth-order valence-electron chi connectivity index (χ4n) is 10.6. The number of unbranched alkanes of at least 4 members (excludes halogenated alkanes) is 50. The molecule has 0 aliphatic rings. The van der Waals surface area contributed by atoms with Gasteiger partial charge in [0.05, 0.1) is 25.4 Å². The molecule has 0 spiro atoms. The van der Waals surface area contributed by atoms with Crippen LogP contribution in [0.4, 0.5) is 0 Å². The molecule has 0 saturated heterocycles. The topological polar surface area (TPSA) is 95.9 Å². The Labute approximate surface area is 462 Å². The van der Waals surface area contributed by atoms with Crippen LogP contribution in [0.15, 0.2) is 24.3 Å². The lowest BCUT2D eigenvalue weighted by Crippen LogP contribution is -2.45.